The number of carbonyl (C=O) groups excluding carboxylic acids is 3. The van der Waals surface area contributed by atoms with Gasteiger partial charge in [-0.15, -0.1) is 0 Å². The van der Waals surface area contributed by atoms with E-state index in [0.717, 1.165) is 32.2 Å². The topological polar surface area (TPSA) is 57.7 Å². The van der Waals surface area contributed by atoms with Crippen molar-refractivity contribution in [2.45, 2.75) is 57.4 Å². The zero-order chi connectivity index (χ0) is 17.8. The summed E-state index contributed by atoms with van der Waals surface area (Å²) < 4.78 is 0. The van der Waals surface area contributed by atoms with Gasteiger partial charge in [0, 0.05) is 12.6 Å². The van der Waals surface area contributed by atoms with Gasteiger partial charge in [-0.05, 0) is 56.3 Å². The molecule has 6 aliphatic rings. The van der Waals surface area contributed by atoms with Gasteiger partial charge in [-0.2, -0.15) is 0 Å². The Morgan fingerprint density at radius 1 is 0.885 bits per heavy atom. The van der Waals surface area contributed by atoms with E-state index in [0.29, 0.717) is 12.0 Å². The second kappa shape index (κ2) is 6.21. The average Bonchev–Trinajstić information content (AvgIpc) is 2.95. The molecule has 26 heavy (non-hydrogen) atoms. The Morgan fingerprint density at radius 3 is 2.15 bits per heavy atom. The Balaban J connectivity index is 1.32. The van der Waals surface area contributed by atoms with Crippen LogP contribution in [0.4, 0.5) is 0 Å². The van der Waals surface area contributed by atoms with Gasteiger partial charge in [0.05, 0.1) is 11.8 Å². The Morgan fingerprint density at radius 2 is 1.50 bits per heavy atom. The molecule has 2 heterocycles. The van der Waals surface area contributed by atoms with Crippen molar-refractivity contribution in [3.8, 4) is 0 Å². The fourth-order valence-corrected chi connectivity index (χ4v) is 6.45. The quantitative estimate of drug-likeness (QED) is 0.564. The third-order valence-electron chi connectivity index (χ3n) is 7.71. The highest BCUT2D eigenvalue weighted by Gasteiger charge is 2.57. The van der Waals surface area contributed by atoms with Crippen LogP contribution in [-0.2, 0) is 14.4 Å². The van der Waals surface area contributed by atoms with Crippen LogP contribution in [0, 0.1) is 29.6 Å². The molecule has 0 aromatic heterocycles. The molecule has 5 heteroatoms. The van der Waals surface area contributed by atoms with Crippen LogP contribution in [-0.4, -0.2) is 46.7 Å². The molecule has 6 atom stereocenters. The van der Waals surface area contributed by atoms with Crippen molar-refractivity contribution in [2.24, 2.45) is 29.6 Å². The summed E-state index contributed by atoms with van der Waals surface area (Å²) in [4.78, 5) is 42.2. The first-order chi connectivity index (χ1) is 12.6. The van der Waals surface area contributed by atoms with E-state index in [1.807, 2.05) is 4.90 Å². The highest BCUT2D eigenvalue weighted by Crippen LogP contribution is 2.49. The van der Waals surface area contributed by atoms with Gasteiger partial charge in [0.25, 0.3) is 0 Å². The van der Waals surface area contributed by atoms with Crippen LogP contribution in [0.1, 0.15) is 51.4 Å². The van der Waals surface area contributed by atoms with Crippen LogP contribution < -0.4 is 0 Å². The molecule has 0 spiro atoms. The van der Waals surface area contributed by atoms with E-state index in [1.165, 1.54) is 30.6 Å². The van der Waals surface area contributed by atoms with Gasteiger partial charge in [-0.25, -0.2) is 0 Å². The largest absolute Gasteiger partial charge is 0.338 e. The molecule has 3 amide bonds. The molecule has 2 saturated heterocycles. The fraction of sp³-hybridized carbons (Fsp3) is 0.762. The lowest BCUT2D eigenvalue weighted by atomic mass is 9.63. The number of imide groups is 1. The first kappa shape index (κ1) is 16.5. The molecular formula is C21H28N2O3. The molecule has 0 aromatic rings. The number of amides is 3. The van der Waals surface area contributed by atoms with E-state index in [1.54, 1.807) is 0 Å². The predicted molar refractivity (Wildman–Crippen MR) is 95.7 cm³/mol. The number of nitrogens with zero attached hydrogens (tertiary/aromatic N) is 2. The molecule has 4 fully saturated rings. The Labute approximate surface area is 154 Å². The van der Waals surface area contributed by atoms with Gasteiger partial charge in [-0.1, -0.05) is 25.0 Å². The Kier molecular flexibility index (Phi) is 3.94. The Hall–Kier alpha value is -1.65. The van der Waals surface area contributed by atoms with Crippen LogP contribution in [0.2, 0.25) is 0 Å². The SMILES string of the molecule is O=C1[C@@H]2C3C=CC(CC3)[C@@H]2C(=O)N1CC(=O)N1CCCC2CCCCC21. The zero-order valence-corrected chi connectivity index (χ0v) is 15.3. The predicted octanol–water partition coefficient (Wildman–Crippen LogP) is 2.36. The number of fused-ring (bicyclic) bond motifs is 2. The summed E-state index contributed by atoms with van der Waals surface area (Å²) in [7, 11) is 0. The first-order valence-corrected chi connectivity index (χ1v) is 10.5. The van der Waals surface area contributed by atoms with Crippen molar-refractivity contribution in [2.75, 3.05) is 13.1 Å². The molecule has 5 nitrogen and oxygen atoms in total. The van der Waals surface area contributed by atoms with Crippen molar-refractivity contribution < 1.29 is 14.4 Å². The highest BCUT2D eigenvalue weighted by molar-refractivity contribution is 6.08. The van der Waals surface area contributed by atoms with Crippen LogP contribution >= 0.6 is 0 Å². The molecule has 0 radical (unpaired) electrons. The van der Waals surface area contributed by atoms with Crippen molar-refractivity contribution in [3.05, 3.63) is 12.2 Å². The second-order valence-corrected chi connectivity index (χ2v) is 8.95. The lowest BCUT2D eigenvalue weighted by Crippen LogP contribution is -2.53. The Bertz CT molecular complexity index is 638. The highest BCUT2D eigenvalue weighted by atomic mass is 16.2. The van der Waals surface area contributed by atoms with Crippen LogP contribution in [0.5, 0.6) is 0 Å². The number of hydrogen-bond donors (Lipinski definition) is 0. The van der Waals surface area contributed by atoms with Crippen molar-refractivity contribution in [3.63, 3.8) is 0 Å². The van der Waals surface area contributed by atoms with Gasteiger partial charge >= 0.3 is 0 Å². The monoisotopic (exact) mass is 356 g/mol. The molecule has 2 bridgehead atoms. The lowest BCUT2D eigenvalue weighted by molar-refractivity contribution is -0.149. The smallest absolute Gasteiger partial charge is 0.243 e. The maximum absolute atomic E-state index is 13.0. The summed E-state index contributed by atoms with van der Waals surface area (Å²) in [5.74, 6) is 0.398. The number of hydrogen-bond acceptors (Lipinski definition) is 3. The normalized spacial score (nSPS) is 41.4. The van der Waals surface area contributed by atoms with E-state index < -0.39 is 0 Å². The van der Waals surface area contributed by atoms with E-state index in [4.69, 9.17) is 0 Å². The lowest BCUT2D eigenvalue weighted by Gasteiger charge is -2.44. The van der Waals surface area contributed by atoms with Gasteiger partial charge in [0.1, 0.15) is 6.54 Å². The van der Waals surface area contributed by atoms with Crippen molar-refractivity contribution in [1.29, 1.82) is 0 Å². The third-order valence-corrected chi connectivity index (χ3v) is 7.71. The minimum Gasteiger partial charge on any atom is -0.338 e. The fourth-order valence-electron chi connectivity index (χ4n) is 6.45. The number of carbonyl (C=O) groups is 3. The van der Waals surface area contributed by atoms with Crippen molar-refractivity contribution in [1.82, 2.24) is 9.80 Å². The number of piperidine rings is 1. The van der Waals surface area contributed by atoms with Gasteiger partial charge in [-0.3, -0.25) is 19.3 Å². The summed E-state index contributed by atoms with van der Waals surface area (Å²) in [5, 5.41) is 0. The maximum Gasteiger partial charge on any atom is 0.243 e. The zero-order valence-electron chi connectivity index (χ0n) is 15.3. The van der Waals surface area contributed by atoms with Gasteiger partial charge in [0.15, 0.2) is 0 Å². The van der Waals surface area contributed by atoms with E-state index >= 15 is 0 Å². The minimum absolute atomic E-state index is 0.0118. The molecule has 4 aliphatic carbocycles. The van der Waals surface area contributed by atoms with Crippen LogP contribution in [0.25, 0.3) is 0 Å². The number of likely N-dealkylation sites (tertiary alicyclic amines) is 2. The summed E-state index contributed by atoms with van der Waals surface area (Å²) in [5.41, 5.74) is 0. The van der Waals surface area contributed by atoms with Crippen LogP contribution in [0.3, 0.4) is 0 Å². The summed E-state index contributed by atoms with van der Waals surface area (Å²) in [6.07, 6.45) is 13.3. The molecule has 0 N–H and O–H groups in total. The molecule has 0 aromatic carbocycles. The molecule has 6 rings (SSSR count). The van der Waals surface area contributed by atoms with E-state index in [9.17, 15) is 14.4 Å². The second-order valence-electron chi connectivity index (χ2n) is 8.95. The minimum atomic E-state index is -0.206. The first-order valence-electron chi connectivity index (χ1n) is 10.5. The van der Waals surface area contributed by atoms with Crippen molar-refractivity contribution >= 4 is 17.7 Å². The molecular weight excluding hydrogens is 328 g/mol. The molecule has 4 unspecified atom stereocenters. The van der Waals surface area contributed by atoms with E-state index in [-0.39, 0.29) is 47.9 Å². The summed E-state index contributed by atoms with van der Waals surface area (Å²) in [6.45, 7) is 0.753. The van der Waals surface area contributed by atoms with Crippen LogP contribution in [0.15, 0.2) is 12.2 Å². The molecule has 2 saturated carbocycles. The molecule has 140 valence electrons. The average molecular weight is 356 g/mol. The number of allylic oxidation sites excluding steroid dienone is 2. The standard InChI is InChI=1S/C21H28N2O3/c24-17(22-11-3-5-13-4-1-2-6-16(13)22)12-23-20(25)18-14-7-8-15(10-9-14)19(18)21(23)26/h7-8,13-16,18-19H,1-6,9-12H2/t13?,14?,15?,16?,18-,19+. The molecule has 2 aliphatic heterocycles. The van der Waals surface area contributed by atoms with Gasteiger partial charge in [0.2, 0.25) is 17.7 Å². The third kappa shape index (κ3) is 2.39. The maximum atomic E-state index is 13.0. The summed E-state index contributed by atoms with van der Waals surface area (Å²) >= 11 is 0. The van der Waals surface area contributed by atoms with E-state index in [2.05, 4.69) is 12.2 Å². The van der Waals surface area contributed by atoms with Gasteiger partial charge < -0.3 is 4.90 Å². The summed E-state index contributed by atoms with van der Waals surface area (Å²) in [6, 6.07) is 0.331. The number of rotatable bonds is 2.